The average Bonchev–Trinajstić information content (AvgIpc) is 2.40. The van der Waals surface area contributed by atoms with Gasteiger partial charge in [0, 0.05) is 19.2 Å². The second kappa shape index (κ2) is 6.18. The van der Waals surface area contributed by atoms with Crippen LogP contribution in [0.4, 0.5) is 17.3 Å². The summed E-state index contributed by atoms with van der Waals surface area (Å²) in [7, 11) is 0. The molecule has 6 heteroatoms. The first-order chi connectivity index (χ1) is 8.79. The van der Waals surface area contributed by atoms with E-state index in [0.717, 1.165) is 11.5 Å². The minimum absolute atomic E-state index is 0.553. The van der Waals surface area contributed by atoms with E-state index in [1.54, 1.807) is 6.07 Å². The van der Waals surface area contributed by atoms with Crippen molar-refractivity contribution in [2.75, 3.05) is 23.7 Å². The smallest absolute Gasteiger partial charge is 0.135 e. The molecule has 0 amide bonds. The molecule has 0 radical (unpaired) electrons. The fraction of sp³-hybridized carbons (Fsp3) is 0.167. The van der Waals surface area contributed by atoms with Crippen molar-refractivity contribution in [1.29, 1.82) is 0 Å². The lowest BCUT2D eigenvalue weighted by atomic mass is 10.3. The number of halogens is 1. The van der Waals surface area contributed by atoms with Crippen LogP contribution in [0.1, 0.15) is 0 Å². The summed E-state index contributed by atoms with van der Waals surface area (Å²) in [5.74, 6) is 1.41. The largest absolute Gasteiger partial charge is 0.369 e. The molecule has 0 bridgehead atoms. The molecule has 94 valence electrons. The van der Waals surface area contributed by atoms with E-state index in [1.165, 1.54) is 6.33 Å². The third kappa shape index (κ3) is 3.32. The van der Waals surface area contributed by atoms with Crippen LogP contribution in [0, 0.1) is 0 Å². The summed E-state index contributed by atoms with van der Waals surface area (Å²) in [6, 6.07) is 9.29. The van der Waals surface area contributed by atoms with Gasteiger partial charge in [-0.05, 0) is 12.1 Å². The summed E-state index contributed by atoms with van der Waals surface area (Å²) in [5.41, 5.74) is 6.23. The van der Waals surface area contributed by atoms with Gasteiger partial charge in [-0.25, -0.2) is 9.97 Å². The van der Waals surface area contributed by atoms with Gasteiger partial charge in [-0.15, -0.1) is 0 Å². The Morgan fingerprint density at radius 3 is 2.72 bits per heavy atom. The molecular formula is C12H14ClN5. The topological polar surface area (TPSA) is 75.9 Å². The SMILES string of the molecule is NCCNc1cc(Nc2ccccc2Cl)ncn1. The zero-order valence-corrected chi connectivity index (χ0v) is 10.5. The zero-order valence-electron chi connectivity index (χ0n) is 9.73. The quantitative estimate of drug-likeness (QED) is 0.771. The van der Waals surface area contributed by atoms with Gasteiger partial charge in [0.25, 0.3) is 0 Å². The number of para-hydroxylation sites is 1. The second-order valence-corrected chi connectivity index (χ2v) is 4.02. The van der Waals surface area contributed by atoms with E-state index in [0.29, 0.717) is 23.9 Å². The summed E-state index contributed by atoms with van der Waals surface area (Å²) in [4.78, 5) is 8.22. The van der Waals surface area contributed by atoms with Crippen LogP contribution in [0.15, 0.2) is 36.7 Å². The molecule has 2 aromatic rings. The number of aromatic nitrogens is 2. The number of nitrogens with one attached hydrogen (secondary N) is 2. The number of benzene rings is 1. The monoisotopic (exact) mass is 263 g/mol. The third-order valence-corrected chi connectivity index (χ3v) is 2.58. The Morgan fingerprint density at radius 1 is 1.17 bits per heavy atom. The first-order valence-corrected chi connectivity index (χ1v) is 5.95. The van der Waals surface area contributed by atoms with E-state index in [-0.39, 0.29) is 0 Å². The Bertz CT molecular complexity index is 517. The number of rotatable bonds is 5. The standard InChI is InChI=1S/C12H14ClN5/c13-9-3-1-2-4-10(9)18-12-7-11(15-6-5-14)16-8-17-12/h1-4,7-8H,5-6,14H2,(H2,15,16,17,18). The Kier molecular flexibility index (Phi) is 4.33. The van der Waals surface area contributed by atoms with Gasteiger partial charge in [0.15, 0.2) is 0 Å². The molecule has 2 rings (SSSR count). The molecule has 0 aliphatic heterocycles. The Labute approximate surface area is 110 Å². The highest BCUT2D eigenvalue weighted by atomic mass is 35.5. The van der Waals surface area contributed by atoms with Gasteiger partial charge in [0.05, 0.1) is 10.7 Å². The maximum absolute atomic E-state index is 6.06. The summed E-state index contributed by atoms with van der Waals surface area (Å²) in [6.45, 7) is 1.22. The van der Waals surface area contributed by atoms with E-state index < -0.39 is 0 Å². The molecule has 0 fully saturated rings. The van der Waals surface area contributed by atoms with Gasteiger partial charge in [-0.2, -0.15) is 0 Å². The van der Waals surface area contributed by atoms with Crippen molar-refractivity contribution in [1.82, 2.24) is 9.97 Å². The van der Waals surface area contributed by atoms with Gasteiger partial charge in [0.1, 0.15) is 18.0 Å². The highest BCUT2D eigenvalue weighted by Gasteiger charge is 2.01. The van der Waals surface area contributed by atoms with Crippen molar-refractivity contribution in [2.45, 2.75) is 0 Å². The third-order valence-electron chi connectivity index (χ3n) is 2.25. The Hall–Kier alpha value is -1.85. The summed E-state index contributed by atoms with van der Waals surface area (Å²) < 4.78 is 0. The van der Waals surface area contributed by atoms with Crippen LogP contribution < -0.4 is 16.4 Å². The van der Waals surface area contributed by atoms with E-state index in [4.69, 9.17) is 17.3 Å². The predicted octanol–water partition coefficient (Wildman–Crippen LogP) is 2.24. The van der Waals surface area contributed by atoms with Crippen molar-refractivity contribution in [3.05, 3.63) is 41.7 Å². The van der Waals surface area contributed by atoms with Crippen molar-refractivity contribution in [2.24, 2.45) is 5.73 Å². The molecule has 5 nitrogen and oxygen atoms in total. The molecule has 1 aromatic carbocycles. The van der Waals surface area contributed by atoms with Gasteiger partial charge < -0.3 is 16.4 Å². The van der Waals surface area contributed by atoms with Crippen LogP contribution in [0.3, 0.4) is 0 Å². The number of anilines is 3. The van der Waals surface area contributed by atoms with Crippen LogP contribution in [0.2, 0.25) is 5.02 Å². The molecule has 18 heavy (non-hydrogen) atoms. The number of hydrogen-bond donors (Lipinski definition) is 3. The van der Waals surface area contributed by atoms with Crippen molar-refractivity contribution >= 4 is 28.9 Å². The van der Waals surface area contributed by atoms with Crippen LogP contribution in [-0.4, -0.2) is 23.1 Å². The molecule has 0 aliphatic rings. The highest BCUT2D eigenvalue weighted by Crippen LogP contribution is 2.24. The zero-order chi connectivity index (χ0) is 12.8. The van der Waals surface area contributed by atoms with E-state index in [1.807, 2.05) is 24.3 Å². The minimum Gasteiger partial charge on any atom is -0.369 e. The van der Waals surface area contributed by atoms with Crippen LogP contribution in [0.5, 0.6) is 0 Å². The molecule has 0 spiro atoms. The molecule has 0 unspecified atom stereocenters. The molecule has 4 N–H and O–H groups in total. The van der Waals surface area contributed by atoms with E-state index >= 15 is 0 Å². The van der Waals surface area contributed by atoms with Gasteiger partial charge >= 0.3 is 0 Å². The molecule has 1 aromatic heterocycles. The maximum atomic E-state index is 6.06. The summed E-state index contributed by atoms with van der Waals surface area (Å²) in [5, 5.41) is 6.87. The van der Waals surface area contributed by atoms with Crippen molar-refractivity contribution < 1.29 is 0 Å². The van der Waals surface area contributed by atoms with Crippen molar-refractivity contribution in [3.8, 4) is 0 Å². The minimum atomic E-state index is 0.553. The van der Waals surface area contributed by atoms with Crippen molar-refractivity contribution in [3.63, 3.8) is 0 Å². The number of hydrogen-bond acceptors (Lipinski definition) is 5. The molecular weight excluding hydrogens is 250 g/mol. The maximum Gasteiger partial charge on any atom is 0.135 e. The number of nitrogens with two attached hydrogens (primary N) is 1. The lowest BCUT2D eigenvalue weighted by Crippen LogP contribution is -2.14. The molecule has 0 saturated carbocycles. The molecule has 1 heterocycles. The van der Waals surface area contributed by atoms with Gasteiger partial charge in [0.2, 0.25) is 0 Å². The molecule has 0 aliphatic carbocycles. The lowest BCUT2D eigenvalue weighted by Gasteiger charge is -2.09. The van der Waals surface area contributed by atoms with Gasteiger partial charge in [-0.1, -0.05) is 23.7 Å². The Balaban J connectivity index is 2.12. The second-order valence-electron chi connectivity index (χ2n) is 3.61. The number of nitrogens with zero attached hydrogens (tertiary/aromatic N) is 2. The van der Waals surface area contributed by atoms with Crippen LogP contribution >= 0.6 is 11.6 Å². The first kappa shape index (κ1) is 12.6. The highest BCUT2D eigenvalue weighted by molar-refractivity contribution is 6.33. The summed E-state index contributed by atoms with van der Waals surface area (Å²) >= 11 is 6.06. The molecule has 0 saturated heterocycles. The van der Waals surface area contributed by atoms with E-state index in [9.17, 15) is 0 Å². The van der Waals surface area contributed by atoms with Crippen LogP contribution in [-0.2, 0) is 0 Å². The summed E-state index contributed by atoms with van der Waals surface area (Å²) in [6.07, 6.45) is 1.48. The lowest BCUT2D eigenvalue weighted by molar-refractivity contribution is 1.00. The average molecular weight is 264 g/mol. The Morgan fingerprint density at radius 2 is 1.94 bits per heavy atom. The predicted molar refractivity (Wildman–Crippen MR) is 74.3 cm³/mol. The molecule has 0 atom stereocenters. The fourth-order valence-electron chi connectivity index (χ4n) is 1.42. The van der Waals surface area contributed by atoms with E-state index in [2.05, 4.69) is 20.6 Å². The van der Waals surface area contributed by atoms with Gasteiger partial charge in [-0.3, -0.25) is 0 Å². The normalized spacial score (nSPS) is 10.1. The fourth-order valence-corrected chi connectivity index (χ4v) is 1.61. The first-order valence-electron chi connectivity index (χ1n) is 5.57. The van der Waals surface area contributed by atoms with Crippen LogP contribution in [0.25, 0.3) is 0 Å².